The highest BCUT2D eigenvalue weighted by Crippen LogP contribution is 2.41. The maximum atomic E-state index is 11.4. The summed E-state index contributed by atoms with van der Waals surface area (Å²) in [6.07, 6.45) is 0.654. The normalized spacial score (nSPS) is 16.2. The monoisotopic (exact) mass is 298 g/mol. The largest absolute Gasteiger partial charge is 0.486 e. The van der Waals surface area contributed by atoms with E-state index in [9.17, 15) is 9.59 Å². The molecule has 0 aliphatic carbocycles. The molecule has 0 aromatic heterocycles. The van der Waals surface area contributed by atoms with E-state index >= 15 is 0 Å². The van der Waals surface area contributed by atoms with Crippen LogP contribution in [0, 0.1) is 0 Å². The van der Waals surface area contributed by atoms with Gasteiger partial charge in [-0.2, -0.15) is 0 Å². The third kappa shape index (κ3) is 2.20. The van der Waals surface area contributed by atoms with Crippen molar-refractivity contribution >= 4 is 27.7 Å². The van der Waals surface area contributed by atoms with Gasteiger partial charge in [0.2, 0.25) is 0 Å². The zero-order valence-electron chi connectivity index (χ0n) is 9.41. The highest BCUT2D eigenvalue weighted by molar-refractivity contribution is 9.10. The van der Waals surface area contributed by atoms with Gasteiger partial charge in [0.05, 0.1) is 4.47 Å². The SMILES string of the molecule is CC1(C)Cc2cc(C(=O)C(=O)O)cc(Br)c2O1. The Kier molecular flexibility index (Phi) is 2.73. The van der Waals surface area contributed by atoms with E-state index in [0.29, 0.717) is 16.6 Å². The fraction of sp³-hybridized carbons (Fsp3) is 0.333. The van der Waals surface area contributed by atoms with E-state index < -0.39 is 11.8 Å². The van der Waals surface area contributed by atoms with Crippen LogP contribution >= 0.6 is 15.9 Å². The number of hydrogen-bond donors (Lipinski definition) is 1. The van der Waals surface area contributed by atoms with Crippen LogP contribution in [0.25, 0.3) is 0 Å². The minimum absolute atomic E-state index is 0.171. The van der Waals surface area contributed by atoms with Crippen LogP contribution in [0.15, 0.2) is 16.6 Å². The lowest BCUT2D eigenvalue weighted by Gasteiger charge is -2.17. The van der Waals surface area contributed by atoms with Gasteiger partial charge in [-0.05, 0) is 41.9 Å². The smallest absolute Gasteiger partial charge is 0.377 e. The lowest BCUT2D eigenvalue weighted by Crippen LogP contribution is -2.24. The number of carboxylic acid groups (broad SMARTS) is 1. The molecule has 0 amide bonds. The molecule has 0 spiro atoms. The zero-order chi connectivity index (χ0) is 12.8. The summed E-state index contributed by atoms with van der Waals surface area (Å²) >= 11 is 3.30. The molecule has 0 radical (unpaired) electrons. The first kappa shape index (κ1) is 12.1. The van der Waals surface area contributed by atoms with E-state index in [1.54, 1.807) is 6.07 Å². The van der Waals surface area contributed by atoms with Crippen LogP contribution in [0.5, 0.6) is 5.75 Å². The molecule has 2 rings (SSSR count). The summed E-state index contributed by atoms with van der Waals surface area (Å²) in [6.45, 7) is 3.89. The molecule has 1 aliphatic heterocycles. The van der Waals surface area contributed by atoms with Crippen LogP contribution in [-0.4, -0.2) is 22.5 Å². The Balaban J connectivity index is 2.47. The molecule has 90 valence electrons. The average molecular weight is 299 g/mol. The van der Waals surface area contributed by atoms with Crippen LogP contribution in [0.2, 0.25) is 0 Å². The summed E-state index contributed by atoms with van der Waals surface area (Å²) in [5, 5.41) is 8.68. The molecule has 5 heteroatoms. The van der Waals surface area contributed by atoms with E-state index in [0.717, 1.165) is 5.56 Å². The summed E-state index contributed by atoms with van der Waals surface area (Å²) in [6, 6.07) is 3.07. The molecule has 1 aromatic carbocycles. The summed E-state index contributed by atoms with van der Waals surface area (Å²) in [4.78, 5) is 22.0. The predicted molar refractivity (Wildman–Crippen MR) is 64.5 cm³/mol. The molecule has 1 heterocycles. The van der Waals surface area contributed by atoms with Crippen molar-refractivity contribution in [1.29, 1.82) is 0 Å². The van der Waals surface area contributed by atoms with E-state index in [-0.39, 0.29) is 11.2 Å². The number of ketones is 1. The number of carboxylic acids is 1. The number of hydrogen-bond acceptors (Lipinski definition) is 3. The lowest BCUT2D eigenvalue weighted by molar-refractivity contribution is -0.131. The zero-order valence-corrected chi connectivity index (χ0v) is 11.0. The van der Waals surface area contributed by atoms with Crippen LogP contribution in [0.1, 0.15) is 29.8 Å². The molecule has 1 N–H and O–H groups in total. The molecule has 0 unspecified atom stereocenters. The Bertz CT molecular complexity index is 519. The molecule has 0 saturated carbocycles. The fourth-order valence-corrected chi connectivity index (χ4v) is 2.50. The maximum Gasteiger partial charge on any atom is 0.377 e. The van der Waals surface area contributed by atoms with Crippen LogP contribution in [-0.2, 0) is 11.2 Å². The maximum absolute atomic E-state index is 11.4. The van der Waals surface area contributed by atoms with Gasteiger partial charge in [0.15, 0.2) is 0 Å². The molecule has 17 heavy (non-hydrogen) atoms. The van der Waals surface area contributed by atoms with E-state index in [2.05, 4.69) is 15.9 Å². The number of Topliss-reactive ketones (excluding diaryl/α,β-unsaturated/α-hetero) is 1. The van der Waals surface area contributed by atoms with E-state index in [1.807, 2.05) is 13.8 Å². The number of halogens is 1. The first-order valence-electron chi connectivity index (χ1n) is 5.09. The van der Waals surface area contributed by atoms with Crippen LogP contribution in [0.4, 0.5) is 0 Å². The summed E-state index contributed by atoms with van der Waals surface area (Å²) in [7, 11) is 0. The average Bonchev–Trinajstić information content (AvgIpc) is 2.51. The summed E-state index contributed by atoms with van der Waals surface area (Å²) in [5.41, 5.74) is 0.703. The molecular weight excluding hydrogens is 288 g/mol. The van der Waals surface area contributed by atoms with Gasteiger partial charge in [-0.15, -0.1) is 0 Å². The first-order chi connectivity index (χ1) is 7.80. The van der Waals surface area contributed by atoms with Gasteiger partial charge in [0.1, 0.15) is 11.4 Å². The highest BCUT2D eigenvalue weighted by atomic mass is 79.9. The Morgan fingerprint density at radius 2 is 2.06 bits per heavy atom. The van der Waals surface area contributed by atoms with Crippen molar-refractivity contribution in [3.05, 3.63) is 27.7 Å². The Morgan fingerprint density at radius 3 is 2.65 bits per heavy atom. The number of benzene rings is 1. The highest BCUT2D eigenvalue weighted by Gasteiger charge is 2.32. The Morgan fingerprint density at radius 1 is 1.41 bits per heavy atom. The van der Waals surface area contributed by atoms with Crippen molar-refractivity contribution in [2.75, 3.05) is 0 Å². The molecular formula is C12H11BrO4. The molecule has 4 nitrogen and oxygen atoms in total. The van der Waals surface area contributed by atoms with E-state index in [4.69, 9.17) is 9.84 Å². The summed E-state index contributed by atoms with van der Waals surface area (Å²) < 4.78 is 6.33. The van der Waals surface area contributed by atoms with Crippen molar-refractivity contribution in [3.8, 4) is 5.75 Å². The minimum Gasteiger partial charge on any atom is -0.486 e. The number of carbonyl (C=O) groups excluding carboxylic acids is 1. The van der Waals surface area contributed by atoms with Gasteiger partial charge < -0.3 is 9.84 Å². The van der Waals surface area contributed by atoms with Crippen molar-refractivity contribution in [3.63, 3.8) is 0 Å². The molecule has 0 fully saturated rings. The van der Waals surface area contributed by atoms with Crippen molar-refractivity contribution in [1.82, 2.24) is 0 Å². The third-order valence-electron chi connectivity index (χ3n) is 2.57. The Labute approximate surface area is 107 Å². The van der Waals surface area contributed by atoms with Gasteiger partial charge in [0.25, 0.3) is 5.78 Å². The van der Waals surface area contributed by atoms with Gasteiger partial charge in [0, 0.05) is 17.5 Å². The van der Waals surface area contributed by atoms with Crippen molar-refractivity contribution in [2.45, 2.75) is 25.9 Å². The quantitative estimate of drug-likeness (QED) is 0.673. The second-order valence-electron chi connectivity index (χ2n) is 4.62. The number of aliphatic carboxylic acids is 1. The lowest BCUT2D eigenvalue weighted by atomic mass is 9.99. The minimum atomic E-state index is -1.45. The molecule has 0 saturated heterocycles. The number of fused-ring (bicyclic) bond motifs is 1. The predicted octanol–water partition coefficient (Wildman–Crippen LogP) is 2.43. The molecule has 0 bridgehead atoms. The summed E-state index contributed by atoms with van der Waals surface area (Å²) in [5.74, 6) is -1.66. The second-order valence-corrected chi connectivity index (χ2v) is 5.47. The van der Waals surface area contributed by atoms with Gasteiger partial charge in [-0.3, -0.25) is 4.79 Å². The standard InChI is InChI=1S/C12H11BrO4/c1-12(2)5-7-3-6(9(14)11(15)16)4-8(13)10(7)17-12/h3-4H,5H2,1-2H3,(H,15,16). The molecule has 1 aromatic rings. The van der Waals surface area contributed by atoms with Gasteiger partial charge >= 0.3 is 5.97 Å². The molecule has 1 aliphatic rings. The van der Waals surface area contributed by atoms with Crippen molar-refractivity contribution in [2.24, 2.45) is 0 Å². The fourth-order valence-electron chi connectivity index (χ4n) is 1.92. The molecule has 0 atom stereocenters. The second kappa shape index (κ2) is 3.84. The van der Waals surface area contributed by atoms with Crippen LogP contribution in [0.3, 0.4) is 0 Å². The Hall–Kier alpha value is -1.36. The van der Waals surface area contributed by atoms with E-state index in [1.165, 1.54) is 6.07 Å². The van der Waals surface area contributed by atoms with Gasteiger partial charge in [-0.1, -0.05) is 0 Å². The van der Waals surface area contributed by atoms with Gasteiger partial charge in [-0.25, -0.2) is 4.79 Å². The van der Waals surface area contributed by atoms with Crippen LogP contribution < -0.4 is 4.74 Å². The first-order valence-corrected chi connectivity index (χ1v) is 5.88. The topological polar surface area (TPSA) is 63.6 Å². The number of rotatable bonds is 2. The third-order valence-corrected chi connectivity index (χ3v) is 3.16. The van der Waals surface area contributed by atoms with Crippen molar-refractivity contribution < 1.29 is 19.4 Å². The number of ether oxygens (including phenoxy) is 1. The number of carbonyl (C=O) groups is 2.